The molecule has 2 aromatic carbocycles. The van der Waals surface area contributed by atoms with Gasteiger partial charge in [-0.05, 0) is 48.4 Å². The first kappa shape index (κ1) is 19.1. The highest BCUT2D eigenvalue weighted by atomic mass is 16.5. The largest absolute Gasteiger partial charge is 0.465 e. The summed E-state index contributed by atoms with van der Waals surface area (Å²) in [4.78, 5) is 28.1. The Morgan fingerprint density at radius 2 is 1.82 bits per heavy atom. The lowest BCUT2D eigenvalue weighted by molar-refractivity contribution is 0.0600. The molecule has 0 fully saturated rings. The minimum Gasteiger partial charge on any atom is -0.465 e. The van der Waals surface area contributed by atoms with Crippen molar-refractivity contribution in [3.8, 4) is 0 Å². The van der Waals surface area contributed by atoms with Crippen molar-refractivity contribution in [2.24, 2.45) is 0 Å². The van der Waals surface area contributed by atoms with E-state index in [-0.39, 0.29) is 5.91 Å². The zero-order chi connectivity index (χ0) is 19.9. The number of anilines is 2. The van der Waals surface area contributed by atoms with Crippen molar-refractivity contribution < 1.29 is 14.3 Å². The molecule has 0 saturated carbocycles. The third-order valence-corrected chi connectivity index (χ3v) is 4.27. The Bertz CT molecular complexity index is 984. The summed E-state index contributed by atoms with van der Waals surface area (Å²) in [6.45, 7) is 2.46. The summed E-state index contributed by atoms with van der Waals surface area (Å²) in [7, 11) is 1.34. The van der Waals surface area contributed by atoms with Gasteiger partial charge in [0, 0.05) is 12.2 Å². The van der Waals surface area contributed by atoms with Crippen LogP contribution in [0, 0.1) is 6.92 Å². The van der Waals surface area contributed by atoms with Crippen LogP contribution in [0.1, 0.15) is 32.0 Å². The van der Waals surface area contributed by atoms with E-state index < -0.39 is 5.97 Å². The number of nitrogens with zero attached hydrogens (tertiary/aromatic N) is 1. The maximum Gasteiger partial charge on any atom is 0.337 e. The number of benzene rings is 2. The molecule has 0 aliphatic heterocycles. The number of aryl methyl sites for hydroxylation is 1. The van der Waals surface area contributed by atoms with Crippen molar-refractivity contribution in [2.75, 3.05) is 12.4 Å². The standard InChI is InChI=1S/C22H21N3O3/c1-15-6-3-4-7-17(15)13-24-21(26)20-11-10-19(14-23-20)25-18-9-5-8-16(12-18)22(27)28-2/h3-12,14,25H,13H2,1-2H3,(H,24,26). The molecule has 0 radical (unpaired) electrons. The predicted molar refractivity (Wildman–Crippen MR) is 108 cm³/mol. The molecule has 0 spiro atoms. The van der Waals surface area contributed by atoms with Crippen molar-refractivity contribution in [1.29, 1.82) is 0 Å². The highest BCUT2D eigenvalue weighted by molar-refractivity contribution is 5.92. The maximum absolute atomic E-state index is 12.3. The van der Waals surface area contributed by atoms with Crippen LogP contribution >= 0.6 is 0 Å². The molecule has 1 amide bonds. The Kier molecular flexibility index (Phi) is 6.01. The summed E-state index contributed by atoms with van der Waals surface area (Å²) >= 11 is 0. The van der Waals surface area contributed by atoms with E-state index in [1.807, 2.05) is 37.3 Å². The fourth-order valence-electron chi connectivity index (χ4n) is 2.69. The lowest BCUT2D eigenvalue weighted by Crippen LogP contribution is -2.24. The Morgan fingerprint density at radius 1 is 1.00 bits per heavy atom. The van der Waals surface area contributed by atoms with Gasteiger partial charge in [-0.3, -0.25) is 4.79 Å². The Hall–Kier alpha value is -3.67. The lowest BCUT2D eigenvalue weighted by atomic mass is 10.1. The van der Waals surface area contributed by atoms with Gasteiger partial charge in [-0.25, -0.2) is 9.78 Å². The Morgan fingerprint density at radius 3 is 2.54 bits per heavy atom. The highest BCUT2D eigenvalue weighted by Crippen LogP contribution is 2.18. The molecule has 28 heavy (non-hydrogen) atoms. The number of ether oxygens (including phenoxy) is 1. The molecule has 6 nitrogen and oxygen atoms in total. The van der Waals surface area contributed by atoms with Crippen LogP contribution in [0.3, 0.4) is 0 Å². The molecule has 1 heterocycles. The normalized spacial score (nSPS) is 10.2. The maximum atomic E-state index is 12.3. The van der Waals surface area contributed by atoms with Crippen molar-refractivity contribution in [2.45, 2.75) is 13.5 Å². The Balaban J connectivity index is 1.62. The van der Waals surface area contributed by atoms with Crippen molar-refractivity contribution >= 4 is 23.3 Å². The van der Waals surface area contributed by atoms with Crippen LogP contribution in [-0.4, -0.2) is 24.0 Å². The molecule has 3 aromatic rings. The van der Waals surface area contributed by atoms with E-state index in [0.717, 1.165) is 16.8 Å². The highest BCUT2D eigenvalue weighted by Gasteiger charge is 2.09. The topological polar surface area (TPSA) is 80.3 Å². The van der Waals surface area contributed by atoms with Crippen molar-refractivity contribution in [3.05, 3.63) is 89.2 Å². The SMILES string of the molecule is COC(=O)c1cccc(Nc2ccc(C(=O)NCc3ccccc3C)nc2)c1. The second-order valence-corrected chi connectivity index (χ2v) is 6.24. The lowest BCUT2D eigenvalue weighted by Gasteiger charge is -2.09. The fraction of sp³-hybridized carbons (Fsp3) is 0.136. The number of amides is 1. The molecule has 1 aromatic heterocycles. The average molecular weight is 375 g/mol. The molecule has 0 unspecified atom stereocenters. The summed E-state index contributed by atoms with van der Waals surface area (Å²) in [6, 6.07) is 18.3. The zero-order valence-electron chi connectivity index (χ0n) is 15.7. The number of hydrogen-bond acceptors (Lipinski definition) is 5. The van der Waals surface area contributed by atoms with Crippen molar-refractivity contribution in [3.63, 3.8) is 0 Å². The van der Waals surface area contributed by atoms with E-state index in [0.29, 0.717) is 23.5 Å². The number of rotatable bonds is 6. The van der Waals surface area contributed by atoms with Gasteiger partial charge < -0.3 is 15.4 Å². The average Bonchev–Trinajstić information content (AvgIpc) is 2.73. The second kappa shape index (κ2) is 8.81. The number of esters is 1. The van der Waals surface area contributed by atoms with Crippen LogP contribution in [0.4, 0.5) is 11.4 Å². The van der Waals surface area contributed by atoms with Gasteiger partial charge in [0.2, 0.25) is 0 Å². The molecule has 0 bridgehead atoms. The van der Waals surface area contributed by atoms with Crippen LogP contribution in [0.25, 0.3) is 0 Å². The van der Waals surface area contributed by atoms with Crippen LogP contribution in [0.5, 0.6) is 0 Å². The van der Waals surface area contributed by atoms with Crippen LogP contribution < -0.4 is 10.6 Å². The van der Waals surface area contributed by atoms with Gasteiger partial charge in [-0.2, -0.15) is 0 Å². The van der Waals surface area contributed by atoms with E-state index >= 15 is 0 Å². The fourth-order valence-corrected chi connectivity index (χ4v) is 2.69. The molecular formula is C22H21N3O3. The van der Waals surface area contributed by atoms with Gasteiger partial charge in [0.1, 0.15) is 5.69 Å². The van der Waals surface area contributed by atoms with Gasteiger partial charge in [-0.15, -0.1) is 0 Å². The first-order chi connectivity index (χ1) is 13.6. The van der Waals surface area contributed by atoms with Crippen molar-refractivity contribution in [1.82, 2.24) is 10.3 Å². The molecule has 0 aliphatic rings. The first-order valence-corrected chi connectivity index (χ1v) is 8.81. The molecule has 3 rings (SSSR count). The van der Waals surface area contributed by atoms with Gasteiger partial charge >= 0.3 is 5.97 Å². The minimum absolute atomic E-state index is 0.234. The van der Waals surface area contributed by atoms with Crippen LogP contribution in [-0.2, 0) is 11.3 Å². The number of hydrogen-bond donors (Lipinski definition) is 2. The Labute approximate surface area is 163 Å². The quantitative estimate of drug-likeness (QED) is 0.640. The number of carbonyl (C=O) groups excluding carboxylic acids is 2. The van der Waals surface area contributed by atoms with Gasteiger partial charge in [0.25, 0.3) is 5.91 Å². The predicted octanol–water partition coefficient (Wildman–Crippen LogP) is 3.85. The number of nitrogens with one attached hydrogen (secondary N) is 2. The molecule has 2 N–H and O–H groups in total. The van der Waals surface area contributed by atoms with Gasteiger partial charge in [-0.1, -0.05) is 30.3 Å². The summed E-state index contributed by atoms with van der Waals surface area (Å²) < 4.78 is 4.72. The number of methoxy groups -OCH3 is 1. The molecule has 0 atom stereocenters. The van der Waals surface area contributed by atoms with E-state index in [9.17, 15) is 9.59 Å². The van der Waals surface area contributed by atoms with E-state index in [4.69, 9.17) is 4.74 Å². The van der Waals surface area contributed by atoms with E-state index in [2.05, 4.69) is 15.6 Å². The number of carbonyl (C=O) groups is 2. The molecule has 6 heteroatoms. The molecular weight excluding hydrogens is 354 g/mol. The number of pyridine rings is 1. The monoisotopic (exact) mass is 375 g/mol. The summed E-state index contributed by atoms with van der Waals surface area (Å²) in [5.41, 5.74) is 4.41. The molecule has 0 saturated heterocycles. The third kappa shape index (κ3) is 4.73. The minimum atomic E-state index is -0.401. The summed E-state index contributed by atoms with van der Waals surface area (Å²) in [5, 5.41) is 6.03. The van der Waals surface area contributed by atoms with Crippen LogP contribution in [0.2, 0.25) is 0 Å². The zero-order valence-corrected chi connectivity index (χ0v) is 15.7. The van der Waals surface area contributed by atoms with E-state index in [1.165, 1.54) is 7.11 Å². The van der Waals surface area contributed by atoms with Crippen LogP contribution in [0.15, 0.2) is 66.9 Å². The first-order valence-electron chi connectivity index (χ1n) is 8.81. The second-order valence-electron chi connectivity index (χ2n) is 6.24. The molecule has 142 valence electrons. The smallest absolute Gasteiger partial charge is 0.337 e. The van der Waals surface area contributed by atoms with E-state index in [1.54, 1.807) is 36.5 Å². The van der Waals surface area contributed by atoms with Gasteiger partial charge in [0.05, 0.1) is 24.6 Å². The summed E-state index contributed by atoms with van der Waals surface area (Å²) in [6.07, 6.45) is 1.58. The third-order valence-electron chi connectivity index (χ3n) is 4.27. The summed E-state index contributed by atoms with van der Waals surface area (Å²) in [5.74, 6) is -0.634. The molecule has 0 aliphatic carbocycles. The number of aromatic nitrogens is 1. The van der Waals surface area contributed by atoms with Gasteiger partial charge in [0.15, 0.2) is 0 Å².